The van der Waals surface area contributed by atoms with Crippen molar-refractivity contribution in [3.05, 3.63) is 63.6 Å². The quantitative estimate of drug-likeness (QED) is 0.492. The first-order valence-electron chi connectivity index (χ1n) is 10.7. The average Bonchev–Trinajstić information content (AvgIpc) is 3.31. The smallest absolute Gasteiger partial charge is 0.245 e. The maximum Gasteiger partial charge on any atom is 0.245 e. The molecule has 1 N–H and O–H groups in total. The number of nitrogens with zero attached hydrogens (tertiary/aromatic N) is 3. The summed E-state index contributed by atoms with van der Waals surface area (Å²) in [6.45, 7) is 2.44. The van der Waals surface area contributed by atoms with Gasteiger partial charge in [-0.2, -0.15) is 0 Å². The summed E-state index contributed by atoms with van der Waals surface area (Å²) in [7, 11) is -0.549. The van der Waals surface area contributed by atoms with Gasteiger partial charge >= 0.3 is 0 Å². The standard InChI is InChI=1S/C23H28Cl2N4O3S/c1-28(16-17-9-11-18(12-10-17)23-26-13-14-27-23)21(30)8-3-4-15-29(2)33(31,32)22-19(24)6-5-7-20(22)25/h5-7,9-12H,3-4,8,13-16H2,1-2H3,(H,26,27). The average molecular weight is 511 g/mol. The van der Waals surface area contributed by atoms with Crippen molar-refractivity contribution in [2.45, 2.75) is 30.7 Å². The molecule has 0 saturated carbocycles. The van der Waals surface area contributed by atoms with Crippen LogP contribution in [-0.4, -0.2) is 63.1 Å². The van der Waals surface area contributed by atoms with Crippen LogP contribution in [0.15, 0.2) is 52.4 Å². The Labute approximate surface area is 205 Å². The molecule has 0 saturated heterocycles. The van der Waals surface area contributed by atoms with Crippen LogP contribution in [0.5, 0.6) is 0 Å². The summed E-state index contributed by atoms with van der Waals surface area (Å²) in [6, 6.07) is 12.6. The Morgan fingerprint density at radius 2 is 1.73 bits per heavy atom. The highest BCUT2D eigenvalue weighted by molar-refractivity contribution is 7.89. The van der Waals surface area contributed by atoms with Gasteiger partial charge in [0.15, 0.2) is 0 Å². The Hall–Kier alpha value is -2.13. The van der Waals surface area contributed by atoms with Crippen molar-refractivity contribution in [3.63, 3.8) is 0 Å². The summed E-state index contributed by atoms with van der Waals surface area (Å²) >= 11 is 12.1. The molecule has 0 atom stereocenters. The van der Waals surface area contributed by atoms with Gasteiger partial charge < -0.3 is 10.2 Å². The second-order valence-electron chi connectivity index (χ2n) is 7.94. The zero-order chi connectivity index (χ0) is 24.0. The molecule has 2 aromatic rings. The third-order valence-electron chi connectivity index (χ3n) is 5.45. The van der Waals surface area contributed by atoms with Crippen molar-refractivity contribution in [1.82, 2.24) is 14.5 Å². The number of unbranched alkanes of at least 4 members (excludes halogenated alkanes) is 1. The maximum absolute atomic E-state index is 12.8. The lowest BCUT2D eigenvalue weighted by molar-refractivity contribution is -0.130. The van der Waals surface area contributed by atoms with Gasteiger partial charge in [0.25, 0.3) is 0 Å². The SMILES string of the molecule is CN(Cc1ccc(C2=NCCN2)cc1)C(=O)CCCCN(C)S(=O)(=O)c1c(Cl)cccc1Cl. The van der Waals surface area contributed by atoms with E-state index in [1.807, 2.05) is 24.3 Å². The third-order valence-corrected chi connectivity index (χ3v) is 8.26. The summed E-state index contributed by atoms with van der Waals surface area (Å²) in [4.78, 5) is 18.5. The lowest BCUT2D eigenvalue weighted by Gasteiger charge is -2.20. The highest BCUT2D eigenvalue weighted by atomic mass is 35.5. The van der Waals surface area contributed by atoms with Crippen LogP contribution < -0.4 is 5.32 Å². The van der Waals surface area contributed by atoms with Crippen LogP contribution in [0.25, 0.3) is 0 Å². The molecule has 0 spiro atoms. The van der Waals surface area contributed by atoms with Crippen molar-refractivity contribution in [2.75, 3.05) is 33.7 Å². The van der Waals surface area contributed by atoms with E-state index in [0.29, 0.717) is 25.8 Å². The first-order valence-corrected chi connectivity index (χ1v) is 12.9. The summed E-state index contributed by atoms with van der Waals surface area (Å²) in [5.74, 6) is 0.926. The number of amidine groups is 1. The van der Waals surface area contributed by atoms with Crippen molar-refractivity contribution in [3.8, 4) is 0 Å². The molecule has 1 heterocycles. The molecule has 0 unspecified atom stereocenters. The number of hydrogen-bond donors (Lipinski definition) is 1. The molecular formula is C23H28Cl2N4O3S. The van der Waals surface area contributed by atoms with Crippen molar-refractivity contribution < 1.29 is 13.2 Å². The molecule has 7 nitrogen and oxygen atoms in total. The minimum absolute atomic E-state index is 0.0144. The largest absolute Gasteiger partial charge is 0.368 e. The van der Waals surface area contributed by atoms with E-state index in [9.17, 15) is 13.2 Å². The van der Waals surface area contributed by atoms with Gasteiger partial charge in [-0.05, 0) is 30.5 Å². The monoisotopic (exact) mass is 510 g/mol. The van der Waals surface area contributed by atoms with Crippen LogP contribution >= 0.6 is 23.2 Å². The fourth-order valence-electron chi connectivity index (χ4n) is 3.53. The van der Waals surface area contributed by atoms with Crippen LogP contribution in [0.3, 0.4) is 0 Å². The van der Waals surface area contributed by atoms with Gasteiger partial charge in [-0.1, -0.05) is 53.5 Å². The second kappa shape index (κ2) is 11.3. The van der Waals surface area contributed by atoms with Crippen molar-refractivity contribution in [1.29, 1.82) is 0 Å². The Morgan fingerprint density at radius 3 is 2.33 bits per heavy atom. The maximum atomic E-state index is 12.8. The number of benzene rings is 2. The molecular weight excluding hydrogens is 483 g/mol. The van der Waals surface area contributed by atoms with Crippen molar-refractivity contribution >= 4 is 45.0 Å². The van der Waals surface area contributed by atoms with E-state index >= 15 is 0 Å². The van der Waals surface area contributed by atoms with Gasteiger partial charge in [0, 0.05) is 45.7 Å². The van der Waals surface area contributed by atoms with E-state index < -0.39 is 10.0 Å². The fraction of sp³-hybridized carbons (Fsp3) is 0.391. The number of sulfonamides is 1. The molecule has 0 fully saturated rings. The summed E-state index contributed by atoms with van der Waals surface area (Å²) in [5, 5.41) is 3.42. The van der Waals surface area contributed by atoms with E-state index in [1.54, 1.807) is 18.0 Å². The minimum Gasteiger partial charge on any atom is -0.368 e. The molecule has 1 aliphatic heterocycles. The number of halogens is 2. The van der Waals surface area contributed by atoms with Gasteiger partial charge in [-0.3, -0.25) is 9.79 Å². The number of carbonyl (C=O) groups is 1. The lowest BCUT2D eigenvalue weighted by Crippen LogP contribution is -2.29. The lowest BCUT2D eigenvalue weighted by atomic mass is 10.1. The van der Waals surface area contributed by atoms with Crippen molar-refractivity contribution in [2.24, 2.45) is 4.99 Å². The number of nitrogens with one attached hydrogen (secondary N) is 1. The summed E-state index contributed by atoms with van der Waals surface area (Å²) < 4.78 is 26.8. The van der Waals surface area contributed by atoms with Gasteiger partial charge in [0.2, 0.25) is 15.9 Å². The van der Waals surface area contributed by atoms with Gasteiger partial charge in [0.05, 0.1) is 16.6 Å². The number of aliphatic imine (C=N–C) groups is 1. The molecule has 3 rings (SSSR count). The molecule has 178 valence electrons. The molecule has 2 aromatic carbocycles. The Bertz CT molecular complexity index is 1100. The minimum atomic E-state index is -3.81. The molecule has 10 heteroatoms. The fourth-order valence-corrected chi connectivity index (χ4v) is 5.82. The number of carbonyl (C=O) groups excluding carboxylic acids is 1. The normalized spacial score (nSPS) is 13.7. The number of rotatable bonds is 10. The van der Waals surface area contributed by atoms with Crippen LogP contribution in [0.1, 0.15) is 30.4 Å². The molecule has 1 amide bonds. The summed E-state index contributed by atoms with van der Waals surface area (Å²) in [6.07, 6.45) is 1.46. The van der Waals surface area contributed by atoms with E-state index in [2.05, 4.69) is 10.3 Å². The van der Waals surface area contributed by atoms with Gasteiger partial charge in [0.1, 0.15) is 10.7 Å². The van der Waals surface area contributed by atoms with Gasteiger partial charge in [-0.15, -0.1) is 0 Å². The number of amides is 1. The third kappa shape index (κ3) is 6.47. The molecule has 0 radical (unpaired) electrons. The van der Waals surface area contributed by atoms with Crippen LogP contribution in [0, 0.1) is 0 Å². The van der Waals surface area contributed by atoms with E-state index in [-0.39, 0.29) is 27.4 Å². The predicted molar refractivity (Wildman–Crippen MR) is 132 cm³/mol. The first-order chi connectivity index (χ1) is 15.7. The first kappa shape index (κ1) is 25.5. The Kier molecular flexibility index (Phi) is 8.75. The zero-order valence-corrected chi connectivity index (χ0v) is 21.1. The summed E-state index contributed by atoms with van der Waals surface area (Å²) in [5.41, 5.74) is 2.08. The van der Waals surface area contributed by atoms with Crippen LogP contribution in [-0.2, 0) is 21.4 Å². The Morgan fingerprint density at radius 1 is 1.06 bits per heavy atom. The molecule has 0 bridgehead atoms. The topological polar surface area (TPSA) is 82.1 Å². The van der Waals surface area contributed by atoms with E-state index in [4.69, 9.17) is 23.2 Å². The zero-order valence-electron chi connectivity index (χ0n) is 18.7. The van der Waals surface area contributed by atoms with Crippen LogP contribution in [0.4, 0.5) is 0 Å². The van der Waals surface area contributed by atoms with E-state index in [0.717, 1.165) is 30.1 Å². The highest BCUT2D eigenvalue weighted by Gasteiger charge is 2.26. The Balaban J connectivity index is 1.45. The molecule has 0 aromatic heterocycles. The second-order valence-corrected chi connectivity index (χ2v) is 10.7. The van der Waals surface area contributed by atoms with E-state index in [1.165, 1.54) is 23.5 Å². The number of hydrogen-bond acceptors (Lipinski definition) is 5. The molecule has 0 aliphatic carbocycles. The molecule has 1 aliphatic rings. The highest BCUT2D eigenvalue weighted by Crippen LogP contribution is 2.31. The van der Waals surface area contributed by atoms with Gasteiger partial charge in [-0.25, -0.2) is 12.7 Å². The van der Waals surface area contributed by atoms with Crippen LogP contribution in [0.2, 0.25) is 10.0 Å². The predicted octanol–water partition coefficient (Wildman–Crippen LogP) is 3.79. The molecule has 33 heavy (non-hydrogen) atoms.